The van der Waals surface area contributed by atoms with Crippen molar-refractivity contribution >= 4 is 27.6 Å². The molecule has 31 heavy (non-hydrogen) atoms. The molecular weight excluding hydrogens is 390 g/mol. The molecule has 2 N–H and O–H groups in total. The Kier molecular flexibility index (Phi) is 5.49. The fourth-order valence-electron chi connectivity index (χ4n) is 3.74. The Labute approximate surface area is 179 Å². The maximum absolute atomic E-state index is 12.7. The summed E-state index contributed by atoms with van der Waals surface area (Å²) in [6.07, 6.45) is 1.41. The molecule has 156 valence electrons. The highest BCUT2D eigenvalue weighted by Crippen LogP contribution is 2.31. The van der Waals surface area contributed by atoms with E-state index in [2.05, 4.69) is 15.1 Å². The lowest BCUT2D eigenvalue weighted by atomic mass is 9.98. The van der Waals surface area contributed by atoms with E-state index in [0.29, 0.717) is 28.0 Å². The molecule has 0 atom stereocenters. The molecule has 0 amide bonds. The van der Waals surface area contributed by atoms with Crippen LogP contribution < -0.4 is 11.4 Å². The van der Waals surface area contributed by atoms with Crippen LogP contribution in [0.3, 0.4) is 0 Å². The minimum Gasteiger partial charge on any atom is -0.425 e. The van der Waals surface area contributed by atoms with Crippen molar-refractivity contribution in [3.8, 4) is 11.1 Å². The second-order valence-corrected chi connectivity index (χ2v) is 6.80. The Balaban J connectivity index is 0.00000112. The number of aromatic nitrogens is 4. The van der Waals surface area contributed by atoms with Gasteiger partial charge >= 0.3 is 5.63 Å². The third-order valence-electron chi connectivity index (χ3n) is 5.00. The third kappa shape index (κ3) is 3.54. The molecule has 0 aliphatic rings. The molecule has 7 nitrogen and oxygen atoms in total. The van der Waals surface area contributed by atoms with Crippen molar-refractivity contribution in [2.45, 2.75) is 27.3 Å². The first-order valence-corrected chi connectivity index (χ1v) is 10.2. The van der Waals surface area contributed by atoms with Crippen molar-refractivity contribution in [1.29, 1.82) is 0 Å². The monoisotopic (exact) mass is 413 g/mol. The molecule has 5 rings (SSSR count). The molecule has 0 aliphatic heterocycles. The van der Waals surface area contributed by atoms with Gasteiger partial charge in [-0.3, -0.25) is 0 Å². The van der Waals surface area contributed by atoms with Gasteiger partial charge in [0.15, 0.2) is 5.65 Å². The summed E-state index contributed by atoms with van der Waals surface area (Å²) in [4.78, 5) is 21.0. The van der Waals surface area contributed by atoms with Crippen LogP contribution in [0.15, 0.2) is 70.1 Å². The van der Waals surface area contributed by atoms with E-state index in [9.17, 15) is 4.79 Å². The highest BCUT2D eigenvalue weighted by Gasteiger charge is 2.19. The average molecular weight is 413 g/mol. The van der Waals surface area contributed by atoms with Crippen molar-refractivity contribution in [3.05, 3.63) is 82.8 Å². The van der Waals surface area contributed by atoms with E-state index in [1.807, 2.05) is 69.3 Å². The van der Waals surface area contributed by atoms with Crippen molar-refractivity contribution in [2.75, 3.05) is 5.73 Å². The first-order chi connectivity index (χ1) is 15.1. The van der Waals surface area contributed by atoms with Crippen LogP contribution in [0.5, 0.6) is 0 Å². The first kappa shape index (κ1) is 20.3. The number of rotatable bonds is 3. The molecule has 2 aromatic carbocycles. The molecule has 3 aromatic heterocycles. The topological polar surface area (TPSA) is 99.8 Å². The number of hydrogen-bond acceptors (Lipinski definition) is 6. The minimum atomic E-state index is -0.377. The van der Waals surface area contributed by atoms with Gasteiger partial charge in [0, 0.05) is 10.9 Å². The fourth-order valence-corrected chi connectivity index (χ4v) is 3.74. The Morgan fingerprint density at radius 2 is 1.65 bits per heavy atom. The van der Waals surface area contributed by atoms with Crippen LogP contribution in [-0.4, -0.2) is 19.7 Å². The van der Waals surface area contributed by atoms with E-state index in [1.165, 1.54) is 6.33 Å². The smallest absolute Gasteiger partial charge is 0.343 e. The van der Waals surface area contributed by atoms with Crippen LogP contribution in [0.25, 0.3) is 32.9 Å². The molecule has 0 radical (unpaired) electrons. The van der Waals surface area contributed by atoms with Gasteiger partial charge in [-0.1, -0.05) is 62.4 Å². The second-order valence-electron chi connectivity index (χ2n) is 6.80. The Morgan fingerprint density at radius 3 is 2.39 bits per heavy atom. The van der Waals surface area contributed by atoms with Crippen LogP contribution in [0.4, 0.5) is 5.82 Å². The summed E-state index contributed by atoms with van der Waals surface area (Å²) in [5, 5.41) is 6.65. The van der Waals surface area contributed by atoms with E-state index >= 15 is 0 Å². The summed E-state index contributed by atoms with van der Waals surface area (Å²) in [5.41, 5.74) is 8.78. The number of benzene rings is 2. The Hall–Kier alpha value is -4.00. The van der Waals surface area contributed by atoms with E-state index in [4.69, 9.17) is 10.2 Å². The number of anilines is 1. The summed E-state index contributed by atoms with van der Waals surface area (Å²) in [6.45, 7) is 6.10. The van der Waals surface area contributed by atoms with Crippen LogP contribution in [-0.2, 0) is 6.54 Å². The predicted octanol–water partition coefficient (Wildman–Crippen LogP) is 4.56. The van der Waals surface area contributed by atoms with Crippen molar-refractivity contribution in [2.24, 2.45) is 0 Å². The molecule has 7 heteroatoms. The van der Waals surface area contributed by atoms with Crippen molar-refractivity contribution in [3.63, 3.8) is 0 Å². The predicted molar refractivity (Wildman–Crippen MR) is 123 cm³/mol. The van der Waals surface area contributed by atoms with Gasteiger partial charge in [-0.2, -0.15) is 5.10 Å². The summed E-state index contributed by atoms with van der Waals surface area (Å²) in [7, 11) is 0. The standard InChI is InChI=1S/C22H17N5O2.C2H6/c1-13-18-20(23)24-12-25-21(18)27(26-13)11-17-19(14-7-3-2-4-8-14)15-9-5-6-10-16(15)22(28)29-17;1-2/h2-10,12H,11H2,1H3,(H2,23,24,25);1-2H3. The molecule has 5 aromatic rings. The van der Waals surface area contributed by atoms with Crippen molar-refractivity contribution < 1.29 is 4.42 Å². The van der Waals surface area contributed by atoms with Gasteiger partial charge < -0.3 is 10.2 Å². The molecule has 0 aliphatic carbocycles. The molecule has 0 unspecified atom stereocenters. The zero-order chi connectivity index (χ0) is 22.0. The van der Waals surface area contributed by atoms with Gasteiger partial charge in [0.05, 0.1) is 16.5 Å². The van der Waals surface area contributed by atoms with Gasteiger partial charge in [0.1, 0.15) is 24.5 Å². The van der Waals surface area contributed by atoms with Crippen LogP contribution >= 0.6 is 0 Å². The molecule has 0 saturated carbocycles. The van der Waals surface area contributed by atoms with Gasteiger partial charge in [0.2, 0.25) is 0 Å². The lowest BCUT2D eigenvalue weighted by Gasteiger charge is -2.12. The maximum atomic E-state index is 12.7. The van der Waals surface area contributed by atoms with E-state index in [1.54, 1.807) is 10.7 Å². The molecule has 0 spiro atoms. The van der Waals surface area contributed by atoms with Crippen LogP contribution in [0.2, 0.25) is 0 Å². The van der Waals surface area contributed by atoms with E-state index < -0.39 is 0 Å². The van der Waals surface area contributed by atoms with Crippen LogP contribution in [0, 0.1) is 6.92 Å². The van der Waals surface area contributed by atoms with Gasteiger partial charge in [-0.15, -0.1) is 0 Å². The summed E-state index contributed by atoms with van der Waals surface area (Å²) in [5.74, 6) is 0.892. The van der Waals surface area contributed by atoms with Gasteiger partial charge in [0.25, 0.3) is 0 Å². The number of nitrogens with zero attached hydrogens (tertiary/aromatic N) is 4. The van der Waals surface area contributed by atoms with E-state index in [0.717, 1.165) is 22.2 Å². The summed E-state index contributed by atoms with van der Waals surface area (Å²) >= 11 is 0. The maximum Gasteiger partial charge on any atom is 0.343 e. The number of fused-ring (bicyclic) bond motifs is 2. The number of aryl methyl sites for hydroxylation is 1. The number of nitrogens with two attached hydrogens (primary N) is 1. The molecule has 3 heterocycles. The Morgan fingerprint density at radius 1 is 0.968 bits per heavy atom. The largest absolute Gasteiger partial charge is 0.425 e. The lowest BCUT2D eigenvalue weighted by Crippen LogP contribution is -2.10. The highest BCUT2D eigenvalue weighted by molar-refractivity contribution is 5.96. The molecule has 0 fully saturated rings. The quantitative estimate of drug-likeness (QED) is 0.465. The summed E-state index contributed by atoms with van der Waals surface area (Å²) < 4.78 is 7.47. The zero-order valence-corrected chi connectivity index (χ0v) is 17.7. The van der Waals surface area contributed by atoms with Gasteiger partial charge in [-0.25, -0.2) is 19.4 Å². The fraction of sp³-hybridized carbons (Fsp3) is 0.167. The summed E-state index contributed by atoms with van der Waals surface area (Å²) in [6, 6.07) is 17.3. The third-order valence-corrected chi connectivity index (χ3v) is 5.00. The molecule has 0 saturated heterocycles. The Bertz CT molecular complexity index is 1420. The second kappa shape index (κ2) is 8.39. The molecule has 0 bridgehead atoms. The van der Waals surface area contributed by atoms with Crippen molar-refractivity contribution in [1.82, 2.24) is 19.7 Å². The average Bonchev–Trinajstić information content (AvgIpc) is 3.12. The lowest BCUT2D eigenvalue weighted by molar-refractivity contribution is 0.448. The highest BCUT2D eigenvalue weighted by atomic mass is 16.4. The molecular formula is C24H23N5O2. The normalized spacial score (nSPS) is 10.8. The van der Waals surface area contributed by atoms with Crippen LogP contribution in [0.1, 0.15) is 25.3 Å². The number of nitrogen functional groups attached to an aromatic ring is 1. The van der Waals surface area contributed by atoms with E-state index in [-0.39, 0.29) is 12.2 Å². The minimum absolute atomic E-state index is 0.241. The number of hydrogen-bond donors (Lipinski definition) is 1. The first-order valence-electron chi connectivity index (χ1n) is 10.2. The van der Waals surface area contributed by atoms with Gasteiger partial charge in [-0.05, 0) is 18.6 Å². The zero-order valence-electron chi connectivity index (χ0n) is 17.7. The SMILES string of the molecule is CC.Cc1nn(Cc2oc(=O)c3ccccc3c2-c2ccccc2)c2ncnc(N)c12.